The highest BCUT2D eigenvalue weighted by Crippen LogP contribution is 2.31. The summed E-state index contributed by atoms with van der Waals surface area (Å²) >= 11 is 0. The number of ether oxygens (including phenoxy) is 1. The van der Waals surface area contributed by atoms with Gasteiger partial charge in [0.2, 0.25) is 5.95 Å². The highest BCUT2D eigenvalue weighted by Gasteiger charge is 2.23. The van der Waals surface area contributed by atoms with Crippen LogP contribution in [0.25, 0.3) is 11.0 Å². The normalized spacial score (nSPS) is 22.6. The van der Waals surface area contributed by atoms with Crippen LogP contribution in [-0.2, 0) is 4.74 Å². The number of nitrogens with zero attached hydrogens (tertiary/aromatic N) is 5. The van der Waals surface area contributed by atoms with E-state index in [1.807, 2.05) is 12.1 Å². The van der Waals surface area contributed by atoms with Crippen molar-refractivity contribution in [2.45, 2.75) is 37.8 Å². The zero-order chi connectivity index (χ0) is 19.5. The lowest BCUT2D eigenvalue weighted by Gasteiger charge is -2.31. The van der Waals surface area contributed by atoms with Crippen molar-refractivity contribution in [3.63, 3.8) is 0 Å². The Labute approximate surface area is 168 Å². The number of morpholine rings is 1. The Morgan fingerprint density at radius 3 is 2.38 bits per heavy atom. The van der Waals surface area contributed by atoms with Crippen molar-refractivity contribution >= 4 is 28.4 Å². The van der Waals surface area contributed by atoms with Crippen molar-refractivity contribution < 1.29 is 9.37 Å². The first-order valence-corrected chi connectivity index (χ1v) is 10.2. The van der Waals surface area contributed by atoms with Gasteiger partial charge in [-0.15, -0.1) is 0 Å². The van der Waals surface area contributed by atoms with Gasteiger partial charge in [-0.25, -0.2) is 14.6 Å². The first-order chi connectivity index (χ1) is 14.3. The van der Waals surface area contributed by atoms with Gasteiger partial charge in [-0.1, -0.05) is 0 Å². The van der Waals surface area contributed by atoms with Gasteiger partial charge >= 0.3 is 0 Å². The topological polar surface area (TPSA) is 101 Å². The molecule has 0 radical (unpaired) electrons. The van der Waals surface area contributed by atoms with E-state index in [1.54, 1.807) is 12.4 Å². The molecule has 3 aromatic rings. The van der Waals surface area contributed by atoms with Crippen LogP contribution in [0, 0.1) is 0 Å². The summed E-state index contributed by atoms with van der Waals surface area (Å²) in [7, 11) is 0. The summed E-state index contributed by atoms with van der Waals surface area (Å²) in [6.45, 7) is 3.27. The number of hydrogen-bond donors (Lipinski definition) is 2. The number of rotatable bonds is 5. The Balaban J connectivity index is 1.26. The minimum Gasteiger partial charge on any atom is -0.380 e. The van der Waals surface area contributed by atoms with E-state index in [4.69, 9.17) is 9.37 Å². The molecular formula is C20H25N7O2. The monoisotopic (exact) mass is 395 g/mol. The van der Waals surface area contributed by atoms with Gasteiger partial charge in [-0.05, 0) is 54.2 Å². The predicted molar refractivity (Wildman–Crippen MR) is 110 cm³/mol. The van der Waals surface area contributed by atoms with Crippen molar-refractivity contribution in [1.29, 1.82) is 0 Å². The van der Waals surface area contributed by atoms with Crippen LogP contribution in [0.2, 0.25) is 0 Å². The zero-order valence-corrected chi connectivity index (χ0v) is 16.3. The standard InChI is InChI=1S/C20H25N7O2/c1-6-21-20(22-7-1)24-15-4-2-14(3-5-15)23-17-12-16(27-8-10-28-11-9-27)13-18-19(17)26-29-25-18/h1,6-7,12-15,23H,2-5,8-11H2,(H,21,22,24). The summed E-state index contributed by atoms with van der Waals surface area (Å²) in [5.41, 5.74) is 3.71. The fraction of sp³-hybridized carbons (Fsp3) is 0.500. The molecule has 1 aliphatic heterocycles. The van der Waals surface area contributed by atoms with Gasteiger partial charge in [0, 0.05) is 43.3 Å². The Morgan fingerprint density at radius 2 is 1.62 bits per heavy atom. The summed E-state index contributed by atoms with van der Waals surface area (Å²) in [6, 6.07) is 6.84. The molecule has 1 aromatic carbocycles. The molecule has 2 N–H and O–H groups in total. The fourth-order valence-corrected chi connectivity index (χ4v) is 4.15. The van der Waals surface area contributed by atoms with Gasteiger partial charge in [0.25, 0.3) is 0 Å². The van der Waals surface area contributed by atoms with Gasteiger partial charge in [-0.2, -0.15) is 0 Å². The van der Waals surface area contributed by atoms with Crippen molar-refractivity contribution in [2.75, 3.05) is 41.8 Å². The average Bonchev–Trinajstić information content (AvgIpc) is 3.26. The summed E-state index contributed by atoms with van der Waals surface area (Å²) in [6.07, 6.45) is 7.80. The molecule has 1 saturated heterocycles. The Morgan fingerprint density at radius 1 is 0.897 bits per heavy atom. The molecule has 9 nitrogen and oxygen atoms in total. The molecule has 2 aromatic heterocycles. The van der Waals surface area contributed by atoms with Crippen LogP contribution in [0.3, 0.4) is 0 Å². The molecule has 152 valence electrons. The number of benzene rings is 1. The number of fused-ring (bicyclic) bond motifs is 1. The van der Waals surface area contributed by atoms with Crippen LogP contribution in [0.5, 0.6) is 0 Å². The van der Waals surface area contributed by atoms with Gasteiger partial charge in [0.15, 0.2) is 5.52 Å². The van der Waals surface area contributed by atoms with E-state index in [0.717, 1.165) is 74.4 Å². The third kappa shape index (κ3) is 4.09. The number of hydrogen-bond acceptors (Lipinski definition) is 9. The van der Waals surface area contributed by atoms with Gasteiger partial charge < -0.3 is 20.3 Å². The maximum absolute atomic E-state index is 5.48. The van der Waals surface area contributed by atoms with Crippen LogP contribution >= 0.6 is 0 Å². The van der Waals surface area contributed by atoms with Crippen molar-refractivity contribution in [3.05, 3.63) is 30.6 Å². The molecule has 2 aliphatic rings. The Kier molecular flexibility index (Phi) is 5.12. The molecule has 2 fully saturated rings. The largest absolute Gasteiger partial charge is 0.380 e. The third-order valence-electron chi connectivity index (χ3n) is 5.71. The minimum atomic E-state index is 0.393. The molecule has 3 heterocycles. The summed E-state index contributed by atoms with van der Waals surface area (Å²) in [5.74, 6) is 0.706. The molecule has 1 aliphatic carbocycles. The van der Waals surface area contributed by atoms with E-state index >= 15 is 0 Å². The highest BCUT2D eigenvalue weighted by molar-refractivity contribution is 5.91. The molecule has 0 unspecified atom stereocenters. The van der Waals surface area contributed by atoms with Gasteiger partial charge in [0.1, 0.15) is 5.52 Å². The number of nitrogens with one attached hydrogen (secondary N) is 2. The molecule has 0 spiro atoms. The van der Waals surface area contributed by atoms with E-state index in [9.17, 15) is 0 Å². The van der Waals surface area contributed by atoms with Crippen molar-refractivity contribution in [1.82, 2.24) is 20.3 Å². The second-order valence-electron chi connectivity index (χ2n) is 7.63. The van der Waals surface area contributed by atoms with E-state index < -0.39 is 0 Å². The number of anilines is 3. The second kappa shape index (κ2) is 8.20. The average molecular weight is 395 g/mol. The molecule has 9 heteroatoms. The van der Waals surface area contributed by atoms with E-state index in [1.165, 1.54) is 0 Å². The third-order valence-corrected chi connectivity index (χ3v) is 5.71. The maximum Gasteiger partial charge on any atom is 0.222 e. The lowest BCUT2D eigenvalue weighted by molar-refractivity contribution is 0.122. The zero-order valence-electron chi connectivity index (χ0n) is 16.3. The van der Waals surface area contributed by atoms with Crippen LogP contribution < -0.4 is 15.5 Å². The quantitative estimate of drug-likeness (QED) is 0.675. The smallest absolute Gasteiger partial charge is 0.222 e. The Bertz CT molecular complexity index is 934. The fourth-order valence-electron chi connectivity index (χ4n) is 4.15. The van der Waals surface area contributed by atoms with E-state index in [2.05, 4.69) is 41.9 Å². The van der Waals surface area contributed by atoms with E-state index in [-0.39, 0.29) is 0 Å². The van der Waals surface area contributed by atoms with Gasteiger partial charge in [-0.3, -0.25) is 0 Å². The first kappa shape index (κ1) is 18.1. The molecule has 1 saturated carbocycles. The van der Waals surface area contributed by atoms with E-state index in [0.29, 0.717) is 18.0 Å². The summed E-state index contributed by atoms with van der Waals surface area (Å²) < 4.78 is 10.5. The maximum atomic E-state index is 5.48. The molecule has 0 atom stereocenters. The van der Waals surface area contributed by atoms with Crippen LogP contribution in [0.15, 0.2) is 35.2 Å². The molecule has 0 bridgehead atoms. The van der Waals surface area contributed by atoms with Crippen LogP contribution in [0.1, 0.15) is 25.7 Å². The molecule has 0 amide bonds. The van der Waals surface area contributed by atoms with Crippen LogP contribution in [-0.4, -0.2) is 58.7 Å². The lowest BCUT2D eigenvalue weighted by Crippen LogP contribution is -2.36. The predicted octanol–water partition coefficient (Wildman–Crippen LogP) is 2.68. The van der Waals surface area contributed by atoms with Crippen molar-refractivity contribution in [2.24, 2.45) is 0 Å². The van der Waals surface area contributed by atoms with Gasteiger partial charge in [0.05, 0.1) is 18.9 Å². The Hall–Kier alpha value is -2.94. The molecule has 29 heavy (non-hydrogen) atoms. The molecule has 5 rings (SSSR count). The van der Waals surface area contributed by atoms with Crippen LogP contribution in [0.4, 0.5) is 17.3 Å². The van der Waals surface area contributed by atoms with Crippen molar-refractivity contribution in [3.8, 4) is 0 Å². The SMILES string of the molecule is c1cnc(NC2CCC(Nc3cc(N4CCOCC4)cc4nonc34)CC2)nc1. The summed E-state index contributed by atoms with van der Waals surface area (Å²) in [4.78, 5) is 10.9. The highest BCUT2D eigenvalue weighted by atomic mass is 16.6. The lowest BCUT2D eigenvalue weighted by atomic mass is 9.91. The molecular weight excluding hydrogens is 370 g/mol. The summed E-state index contributed by atoms with van der Waals surface area (Å²) in [5, 5.41) is 15.3. The number of aromatic nitrogens is 4. The minimum absolute atomic E-state index is 0.393. The first-order valence-electron chi connectivity index (χ1n) is 10.2. The second-order valence-corrected chi connectivity index (χ2v) is 7.63.